The third-order valence-electron chi connectivity index (χ3n) is 4.02. The zero-order valence-electron chi connectivity index (χ0n) is 15.2. The largest absolute Gasteiger partial charge is 0.497 e. The standard InChI is InChI=1S/C18H16ClF2N3O3S2/c1-10(12-5-11(27-2)3-4-14(12)20)23-16-7-15(21)17(6-13(16)19)29(25,26)24-18-8-28-9-22-18/h3-10,23-24H,1-2H3/t10-/m0/s1. The fourth-order valence-electron chi connectivity index (χ4n) is 2.59. The molecule has 0 radical (unpaired) electrons. The smallest absolute Gasteiger partial charge is 0.266 e. The summed E-state index contributed by atoms with van der Waals surface area (Å²) in [6.07, 6.45) is 0. The van der Waals surface area contributed by atoms with E-state index in [1.54, 1.807) is 6.92 Å². The monoisotopic (exact) mass is 459 g/mol. The second-order valence-corrected chi connectivity index (χ2v) is 8.77. The second-order valence-electron chi connectivity index (χ2n) is 6.00. The Morgan fingerprint density at radius 1 is 1.21 bits per heavy atom. The van der Waals surface area contributed by atoms with Crippen LogP contribution in [0.3, 0.4) is 0 Å². The van der Waals surface area contributed by atoms with Gasteiger partial charge in [-0.05, 0) is 37.3 Å². The lowest BCUT2D eigenvalue weighted by molar-refractivity contribution is 0.412. The van der Waals surface area contributed by atoms with Crippen LogP contribution in [-0.4, -0.2) is 20.5 Å². The number of anilines is 2. The molecular weight excluding hydrogens is 444 g/mol. The lowest BCUT2D eigenvalue weighted by atomic mass is 10.1. The number of rotatable bonds is 7. The molecule has 0 fully saturated rings. The molecule has 3 aromatic rings. The lowest BCUT2D eigenvalue weighted by Crippen LogP contribution is -2.16. The number of methoxy groups -OCH3 is 1. The van der Waals surface area contributed by atoms with Crippen LogP contribution < -0.4 is 14.8 Å². The Labute approximate surface area is 175 Å². The van der Waals surface area contributed by atoms with Gasteiger partial charge in [0.1, 0.15) is 22.3 Å². The van der Waals surface area contributed by atoms with Crippen LogP contribution >= 0.6 is 22.9 Å². The van der Waals surface area contributed by atoms with Crippen LogP contribution in [0, 0.1) is 11.6 Å². The van der Waals surface area contributed by atoms with Crippen LogP contribution in [0.1, 0.15) is 18.5 Å². The van der Waals surface area contributed by atoms with Crippen molar-refractivity contribution in [3.63, 3.8) is 0 Å². The minimum Gasteiger partial charge on any atom is -0.497 e. The normalized spacial score (nSPS) is 12.4. The Balaban J connectivity index is 1.88. The van der Waals surface area contributed by atoms with E-state index in [9.17, 15) is 17.2 Å². The van der Waals surface area contributed by atoms with E-state index in [2.05, 4.69) is 15.0 Å². The molecule has 154 valence electrons. The summed E-state index contributed by atoms with van der Waals surface area (Å²) in [7, 11) is -2.76. The first-order valence-electron chi connectivity index (χ1n) is 8.21. The number of thiazole rings is 1. The maximum atomic E-state index is 14.6. The average Bonchev–Trinajstić information content (AvgIpc) is 3.16. The summed E-state index contributed by atoms with van der Waals surface area (Å²) in [5.74, 6) is -0.955. The van der Waals surface area contributed by atoms with Crippen molar-refractivity contribution in [3.05, 3.63) is 63.4 Å². The minimum atomic E-state index is -4.22. The molecule has 0 aliphatic carbocycles. The first-order chi connectivity index (χ1) is 13.7. The van der Waals surface area contributed by atoms with E-state index >= 15 is 0 Å². The summed E-state index contributed by atoms with van der Waals surface area (Å²) in [5.41, 5.74) is 1.84. The zero-order valence-corrected chi connectivity index (χ0v) is 17.6. The van der Waals surface area contributed by atoms with Crippen LogP contribution in [-0.2, 0) is 10.0 Å². The van der Waals surface area contributed by atoms with E-state index < -0.39 is 32.6 Å². The lowest BCUT2D eigenvalue weighted by Gasteiger charge is -2.19. The van der Waals surface area contributed by atoms with Crippen molar-refractivity contribution in [1.29, 1.82) is 0 Å². The Bertz CT molecular complexity index is 1130. The number of halogens is 3. The van der Waals surface area contributed by atoms with Crippen molar-refractivity contribution in [1.82, 2.24) is 4.98 Å². The molecule has 11 heteroatoms. The topological polar surface area (TPSA) is 80.3 Å². The van der Waals surface area contributed by atoms with E-state index in [1.807, 2.05) is 0 Å². The highest BCUT2D eigenvalue weighted by Gasteiger charge is 2.23. The summed E-state index contributed by atoms with van der Waals surface area (Å²) in [5, 5.41) is 4.32. The summed E-state index contributed by atoms with van der Waals surface area (Å²) in [6, 6.07) is 5.59. The Morgan fingerprint density at radius 3 is 2.62 bits per heavy atom. The molecule has 0 bridgehead atoms. The van der Waals surface area contributed by atoms with Crippen LogP contribution in [0.5, 0.6) is 5.75 Å². The Kier molecular flexibility index (Phi) is 6.25. The number of hydrogen-bond donors (Lipinski definition) is 2. The van der Waals surface area contributed by atoms with Crippen molar-refractivity contribution >= 4 is 44.5 Å². The van der Waals surface area contributed by atoms with Crippen LogP contribution in [0.25, 0.3) is 0 Å². The number of aromatic nitrogens is 1. The van der Waals surface area contributed by atoms with E-state index in [0.29, 0.717) is 5.75 Å². The van der Waals surface area contributed by atoms with Crippen molar-refractivity contribution in [2.24, 2.45) is 0 Å². The van der Waals surface area contributed by atoms with Crippen molar-refractivity contribution in [2.45, 2.75) is 17.9 Å². The van der Waals surface area contributed by atoms with Gasteiger partial charge in [0.2, 0.25) is 0 Å². The van der Waals surface area contributed by atoms with Gasteiger partial charge in [0.15, 0.2) is 5.82 Å². The first-order valence-corrected chi connectivity index (χ1v) is 11.0. The van der Waals surface area contributed by atoms with Crippen molar-refractivity contribution in [3.8, 4) is 5.75 Å². The van der Waals surface area contributed by atoms with E-state index in [-0.39, 0.29) is 22.1 Å². The third kappa shape index (κ3) is 4.77. The number of hydrogen-bond acceptors (Lipinski definition) is 6. The Hall–Kier alpha value is -2.43. The molecule has 1 heterocycles. The molecule has 29 heavy (non-hydrogen) atoms. The molecule has 0 spiro atoms. The van der Waals surface area contributed by atoms with E-state index in [4.69, 9.17) is 16.3 Å². The van der Waals surface area contributed by atoms with Gasteiger partial charge in [0, 0.05) is 10.9 Å². The van der Waals surface area contributed by atoms with Crippen molar-refractivity contribution < 1.29 is 21.9 Å². The molecular formula is C18H16ClF2N3O3S2. The SMILES string of the molecule is COc1ccc(F)c([C@H](C)Nc2cc(F)c(S(=O)(=O)Nc3cscn3)cc2Cl)c1. The highest BCUT2D eigenvalue weighted by molar-refractivity contribution is 7.92. The quantitative estimate of drug-likeness (QED) is 0.516. The van der Waals surface area contributed by atoms with Gasteiger partial charge in [-0.3, -0.25) is 4.72 Å². The van der Waals surface area contributed by atoms with Gasteiger partial charge in [-0.2, -0.15) is 0 Å². The van der Waals surface area contributed by atoms with Gasteiger partial charge < -0.3 is 10.1 Å². The molecule has 0 saturated carbocycles. The minimum absolute atomic E-state index is 0.0415. The number of nitrogens with one attached hydrogen (secondary N) is 2. The van der Waals surface area contributed by atoms with Crippen molar-refractivity contribution in [2.75, 3.05) is 17.1 Å². The van der Waals surface area contributed by atoms with Gasteiger partial charge in [0.25, 0.3) is 10.0 Å². The summed E-state index contributed by atoms with van der Waals surface area (Å²) < 4.78 is 60.8. The van der Waals surface area contributed by atoms with Gasteiger partial charge in [-0.1, -0.05) is 11.6 Å². The molecule has 3 rings (SSSR count). The van der Waals surface area contributed by atoms with E-state index in [1.165, 1.54) is 47.5 Å². The van der Waals surface area contributed by atoms with Crippen LogP contribution in [0.2, 0.25) is 5.02 Å². The highest BCUT2D eigenvalue weighted by Crippen LogP contribution is 2.32. The molecule has 0 saturated heterocycles. The number of benzene rings is 2. The highest BCUT2D eigenvalue weighted by atomic mass is 35.5. The molecule has 0 aliphatic rings. The molecule has 2 aromatic carbocycles. The fraction of sp³-hybridized carbons (Fsp3) is 0.167. The molecule has 6 nitrogen and oxygen atoms in total. The molecule has 0 aliphatic heterocycles. The molecule has 2 N–H and O–H groups in total. The number of nitrogens with zero attached hydrogens (tertiary/aromatic N) is 1. The molecule has 0 unspecified atom stereocenters. The number of ether oxygens (including phenoxy) is 1. The van der Waals surface area contributed by atoms with Gasteiger partial charge in [-0.15, -0.1) is 11.3 Å². The second kappa shape index (κ2) is 8.52. The maximum absolute atomic E-state index is 14.6. The molecule has 0 amide bonds. The summed E-state index contributed by atoms with van der Waals surface area (Å²) in [6.45, 7) is 1.65. The van der Waals surface area contributed by atoms with Gasteiger partial charge in [0.05, 0.1) is 29.4 Å². The van der Waals surface area contributed by atoms with Crippen LogP contribution in [0.4, 0.5) is 20.3 Å². The summed E-state index contributed by atoms with van der Waals surface area (Å²) >= 11 is 7.35. The van der Waals surface area contributed by atoms with Gasteiger partial charge >= 0.3 is 0 Å². The molecule has 1 aromatic heterocycles. The fourth-order valence-corrected chi connectivity index (χ4v) is 4.52. The molecule has 1 atom stereocenters. The zero-order chi connectivity index (χ0) is 21.2. The van der Waals surface area contributed by atoms with E-state index in [0.717, 1.165) is 12.1 Å². The average molecular weight is 460 g/mol. The van der Waals surface area contributed by atoms with Crippen LogP contribution in [0.15, 0.2) is 46.1 Å². The Morgan fingerprint density at radius 2 is 1.97 bits per heavy atom. The predicted molar refractivity (Wildman–Crippen MR) is 109 cm³/mol. The first kappa shape index (κ1) is 21.3. The van der Waals surface area contributed by atoms with Gasteiger partial charge in [-0.25, -0.2) is 22.2 Å². The predicted octanol–water partition coefficient (Wildman–Crippen LogP) is 5.06. The maximum Gasteiger partial charge on any atom is 0.266 e. The third-order valence-corrected chi connectivity index (χ3v) is 6.29. The number of sulfonamides is 1. The summed E-state index contributed by atoms with van der Waals surface area (Å²) in [4.78, 5) is 3.18.